The molecule has 0 radical (unpaired) electrons. The Morgan fingerprint density at radius 1 is 0.448 bits per heavy atom. The molecule has 274 valence electrons. The van der Waals surface area contributed by atoms with E-state index in [2.05, 4.69) is 217 Å². The van der Waals surface area contributed by atoms with Gasteiger partial charge in [0.25, 0.3) is 0 Å². The predicted octanol–water partition coefficient (Wildman–Crippen LogP) is 15.3. The molecule has 3 heteroatoms. The lowest BCUT2D eigenvalue weighted by Gasteiger charge is -2.28. The molecule has 0 unspecified atom stereocenters. The standard InChI is InChI=1S/C55H38N2O/c1-55(2)47-22-10-8-18-42(47)46-34-39(31-33-48(46)55)56(50-24-13-25-51-52(50)45-19-9-11-23-49(45)57(51)37-15-4-3-5-16-37)38-29-26-36(27-30-38)41-20-12-21-43-44-32-28-35-14-6-7-17-40(35)54(44)58-53(41)43/h3-34H,1-2H3. The number of rotatable bonds is 5. The van der Waals surface area contributed by atoms with Crippen LogP contribution in [-0.2, 0) is 5.41 Å². The van der Waals surface area contributed by atoms with Crippen LogP contribution < -0.4 is 4.90 Å². The number of para-hydroxylation sites is 3. The second-order valence-corrected chi connectivity index (χ2v) is 16.1. The summed E-state index contributed by atoms with van der Waals surface area (Å²) >= 11 is 0. The van der Waals surface area contributed by atoms with Crippen LogP contribution in [0.15, 0.2) is 199 Å². The number of fused-ring (bicyclic) bond motifs is 11. The van der Waals surface area contributed by atoms with Crippen molar-refractivity contribution in [2.24, 2.45) is 0 Å². The maximum absolute atomic E-state index is 6.77. The van der Waals surface area contributed by atoms with Crippen LogP contribution in [0.3, 0.4) is 0 Å². The molecule has 11 aromatic rings. The normalized spacial score (nSPS) is 13.1. The summed E-state index contributed by atoms with van der Waals surface area (Å²) < 4.78 is 9.17. The summed E-state index contributed by atoms with van der Waals surface area (Å²) in [6, 6.07) is 70.6. The quantitative estimate of drug-likeness (QED) is 0.175. The number of furan rings is 1. The van der Waals surface area contributed by atoms with Gasteiger partial charge in [0.2, 0.25) is 0 Å². The van der Waals surface area contributed by atoms with E-state index >= 15 is 0 Å². The van der Waals surface area contributed by atoms with Crippen molar-refractivity contribution in [1.29, 1.82) is 0 Å². The number of benzene rings is 9. The first-order valence-electron chi connectivity index (χ1n) is 20.1. The van der Waals surface area contributed by atoms with Gasteiger partial charge in [-0.05, 0) is 93.9 Å². The fourth-order valence-electron chi connectivity index (χ4n) is 9.86. The lowest BCUT2D eigenvalue weighted by atomic mass is 9.82. The van der Waals surface area contributed by atoms with Crippen LogP contribution in [0.25, 0.3) is 82.5 Å². The van der Waals surface area contributed by atoms with Gasteiger partial charge in [0.1, 0.15) is 11.2 Å². The van der Waals surface area contributed by atoms with Crippen LogP contribution in [0.4, 0.5) is 17.1 Å². The Kier molecular flexibility index (Phi) is 6.98. The zero-order valence-corrected chi connectivity index (χ0v) is 32.3. The van der Waals surface area contributed by atoms with Gasteiger partial charge in [0, 0.05) is 55.0 Å². The number of hydrogen-bond acceptors (Lipinski definition) is 2. The maximum Gasteiger partial charge on any atom is 0.143 e. The summed E-state index contributed by atoms with van der Waals surface area (Å²) in [6.07, 6.45) is 0. The van der Waals surface area contributed by atoms with Gasteiger partial charge in [-0.15, -0.1) is 0 Å². The van der Waals surface area contributed by atoms with Crippen molar-refractivity contribution >= 4 is 71.6 Å². The second kappa shape index (κ2) is 12.3. The SMILES string of the molecule is CC1(C)c2ccccc2-c2cc(N(c3ccc(-c4cccc5c4oc4c6ccccc6ccc54)cc3)c3cccc4c3c3ccccc3n4-c3ccccc3)ccc21. The minimum absolute atomic E-state index is 0.0794. The third-order valence-corrected chi connectivity index (χ3v) is 12.6. The van der Waals surface area contributed by atoms with E-state index in [1.165, 1.54) is 49.4 Å². The minimum atomic E-state index is -0.0794. The number of aromatic nitrogens is 1. The summed E-state index contributed by atoms with van der Waals surface area (Å²) in [5, 5.41) is 7.02. The molecule has 0 saturated carbocycles. The molecular weight excluding hydrogens is 705 g/mol. The molecule has 0 saturated heterocycles. The average Bonchev–Trinajstić information content (AvgIpc) is 3.91. The third kappa shape index (κ3) is 4.68. The first-order chi connectivity index (χ1) is 28.5. The molecule has 0 amide bonds. The Morgan fingerprint density at radius 2 is 1.10 bits per heavy atom. The Balaban J connectivity index is 1.08. The van der Waals surface area contributed by atoms with Gasteiger partial charge in [-0.1, -0.05) is 147 Å². The van der Waals surface area contributed by atoms with Gasteiger partial charge >= 0.3 is 0 Å². The maximum atomic E-state index is 6.77. The zero-order valence-electron chi connectivity index (χ0n) is 32.3. The summed E-state index contributed by atoms with van der Waals surface area (Å²) in [6.45, 7) is 4.69. The van der Waals surface area contributed by atoms with Crippen LogP contribution >= 0.6 is 0 Å². The fourth-order valence-corrected chi connectivity index (χ4v) is 9.86. The molecule has 3 nitrogen and oxygen atoms in total. The third-order valence-electron chi connectivity index (χ3n) is 12.6. The van der Waals surface area contributed by atoms with Gasteiger partial charge in [0.05, 0.1) is 16.7 Å². The van der Waals surface area contributed by atoms with E-state index in [4.69, 9.17) is 4.42 Å². The van der Waals surface area contributed by atoms with Gasteiger partial charge in [-0.25, -0.2) is 0 Å². The molecule has 0 N–H and O–H groups in total. The first-order valence-corrected chi connectivity index (χ1v) is 20.1. The molecule has 58 heavy (non-hydrogen) atoms. The summed E-state index contributed by atoms with van der Waals surface area (Å²) in [5.74, 6) is 0. The molecule has 1 aliphatic rings. The topological polar surface area (TPSA) is 21.3 Å². The van der Waals surface area contributed by atoms with Gasteiger partial charge in [-0.2, -0.15) is 0 Å². The van der Waals surface area contributed by atoms with Crippen LogP contribution in [0.5, 0.6) is 0 Å². The van der Waals surface area contributed by atoms with E-state index in [1.54, 1.807) is 0 Å². The summed E-state index contributed by atoms with van der Waals surface area (Å²) in [4.78, 5) is 2.45. The molecular formula is C55H38N2O. The fraction of sp³-hybridized carbons (Fsp3) is 0.0545. The van der Waals surface area contributed by atoms with Crippen molar-refractivity contribution in [3.63, 3.8) is 0 Å². The van der Waals surface area contributed by atoms with E-state index in [9.17, 15) is 0 Å². The smallest absolute Gasteiger partial charge is 0.143 e. The van der Waals surface area contributed by atoms with Crippen molar-refractivity contribution in [1.82, 2.24) is 4.57 Å². The lowest BCUT2D eigenvalue weighted by molar-refractivity contribution is 0.660. The number of hydrogen-bond donors (Lipinski definition) is 0. The lowest BCUT2D eigenvalue weighted by Crippen LogP contribution is -2.15. The van der Waals surface area contributed by atoms with Gasteiger partial charge in [0.15, 0.2) is 0 Å². The van der Waals surface area contributed by atoms with E-state index in [-0.39, 0.29) is 5.41 Å². The Labute approximate surface area is 336 Å². The van der Waals surface area contributed by atoms with Gasteiger partial charge < -0.3 is 13.9 Å². The summed E-state index contributed by atoms with van der Waals surface area (Å²) in [5.41, 5.74) is 16.1. The molecule has 0 spiro atoms. The zero-order chi connectivity index (χ0) is 38.5. The molecule has 0 atom stereocenters. The molecule has 2 aromatic heterocycles. The predicted molar refractivity (Wildman–Crippen MR) is 243 cm³/mol. The van der Waals surface area contributed by atoms with Crippen LogP contribution in [0.1, 0.15) is 25.0 Å². The van der Waals surface area contributed by atoms with E-state index < -0.39 is 0 Å². The molecule has 1 aliphatic carbocycles. The Bertz CT molecular complexity index is 3420. The molecule has 2 heterocycles. The Morgan fingerprint density at radius 3 is 1.98 bits per heavy atom. The second-order valence-electron chi connectivity index (χ2n) is 16.1. The highest BCUT2D eigenvalue weighted by molar-refractivity contribution is 6.18. The molecule has 0 fully saturated rings. The minimum Gasteiger partial charge on any atom is -0.455 e. The van der Waals surface area contributed by atoms with Crippen LogP contribution in [-0.4, -0.2) is 4.57 Å². The highest BCUT2D eigenvalue weighted by atomic mass is 16.3. The first kappa shape index (κ1) is 32.8. The highest BCUT2D eigenvalue weighted by Crippen LogP contribution is 2.52. The monoisotopic (exact) mass is 742 g/mol. The van der Waals surface area contributed by atoms with E-state index in [1.807, 2.05) is 0 Å². The van der Waals surface area contributed by atoms with Crippen molar-refractivity contribution in [3.8, 4) is 27.9 Å². The van der Waals surface area contributed by atoms with Crippen molar-refractivity contribution < 1.29 is 4.42 Å². The Hall–Kier alpha value is -7.36. The largest absolute Gasteiger partial charge is 0.455 e. The van der Waals surface area contributed by atoms with E-state index in [0.29, 0.717) is 0 Å². The van der Waals surface area contributed by atoms with Gasteiger partial charge in [-0.3, -0.25) is 0 Å². The van der Waals surface area contributed by atoms with E-state index in [0.717, 1.165) is 61.2 Å². The van der Waals surface area contributed by atoms with Crippen molar-refractivity contribution in [3.05, 3.63) is 205 Å². The molecule has 9 aromatic carbocycles. The van der Waals surface area contributed by atoms with Crippen LogP contribution in [0.2, 0.25) is 0 Å². The van der Waals surface area contributed by atoms with Crippen molar-refractivity contribution in [2.75, 3.05) is 4.90 Å². The average molecular weight is 743 g/mol. The van der Waals surface area contributed by atoms with Crippen molar-refractivity contribution in [2.45, 2.75) is 19.3 Å². The summed E-state index contributed by atoms with van der Waals surface area (Å²) in [7, 11) is 0. The molecule has 0 aliphatic heterocycles. The number of anilines is 3. The highest BCUT2D eigenvalue weighted by Gasteiger charge is 2.35. The molecule has 0 bridgehead atoms. The number of nitrogens with zero attached hydrogens (tertiary/aromatic N) is 2. The van der Waals surface area contributed by atoms with Crippen LogP contribution in [0, 0.1) is 0 Å². The molecule has 12 rings (SSSR count).